The van der Waals surface area contributed by atoms with Crippen LogP contribution in [0, 0.1) is 0 Å². The zero-order valence-electron chi connectivity index (χ0n) is 14.4. The van der Waals surface area contributed by atoms with Gasteiger partial charge in [0.05, 0.1) is 25.7 Å². The predicted molar refractivity (Wildman–Crippen MR) is 93.4 cm³/mol. The molecule has 0 aliphatic carbocycles. The highest BCUT2D eigenvalue weighted by molar-refractivity contribution is 7.92. The maximum atomic E-state index is 12.5. The third-order valence-electron chi connectivity index (χ3n) is 3.67. The number of ether oxygens (including phenoxy) is 1. The molecule has 0 spiro atoms. The molecule has 1 aliphatic rings. The first kappa shape index (κ1) is 17.4. The van der Waals surface area contributed by atoms with Gasteiger partial charge in [-0.25, -0.2) is 9.97 Å². The van der Waals surface area contributed by atoms with Gasteiger partial charge in [0, 0.05) is 40.4 Å². The average molecular weight is 367 g/mol. The van der Waals surface area contributed by atoms with E-state index >= 15 is 0 Å². The van der Waals surface area contributed by atoms with Crippen LogP contribution < -0.4 is 14.5 Å². The summed E-state index contributed by atoms with van der Waals surface area (Å²) in [6.45, 7) is 2.64. The fraction of sp³-hybridized carbons (Fsp3) is 0.500. The van der Waals surface area contributed by atoms with E-state index in [1.807, 2.05) is 4.90 Å². The second-order valence-electron chi connectivity index (χ2n) is 5.88. The second-order valence-corrected chi connectivity index (χ2v) is 7.51. The zero-order chi connectivity index (χ0) is 18.0. The minimum Gasteiger partial charge on any atom is -0.378 e. The van der Waals surface area contributed by atoms with Crippen LogP contribution in [-0.4, -0.2) is 68.3 Å². The summed E-state index contributed by atoms with van der Waals surface area (Å²) in [4.78, 5) is 16.5. The van der Waals surface area contributed by atoms with Crippen LogP contribution in [0.4, 0.5) is 17.5 Å². The van der Waals surface area contributed by atoms with Crippen LogP contribution in [0.2, 0.25) is 0 Å². The molecule has 1 fully saturated rings. The molecule has 0 unspecified atom stereocenters. The molecule has 0 saturated carbocycles. The lowest BCUT2D eigenvalue weighted by Crippen LogP contribution is -2.37. The number of rotatable bonds is 5. The topological polar surface area (TPSA) is 105 Å². The van der Waals surface area contributed by atoms with Gasteiger partial charge in [0.1, 0.15) is 5.69 Å². The highest BCUT2D eigenvalue weighted by atomic mass is 32.2. The second kappa shape index (κ2) is 6.84. The molecule has 0 amide bonds. The van der Waals surface area contributed by atoms with Crippen LogP contribution >= 0.6 is 0 Å². The first-order valence-corrected chi connectivity index (χ1v) is 9.23. The Morgan fingerprint density at radius 1 is 1.24 bits per heavy atom. The van der Waals surface area contributed by atoms with Gasteiger partial charge in [-0.15, -0.1) is 0 Å². The Kier molecular flexibility index (Phi) is 4.77. The van der Waals surface area contributed by atoms with E-state index in [4.69, 9.17) is 4.74 Å². The summed E-state index contributed by atoms with van der Waals surface area (Å²) >= 11 is 0. The maximum Gasteiger partial charge on any atom is 0.281 e. The van der Waals surface area contributed by atoms with Gasteiger partial charge >= 0.3 is 0 Å². The monoisotopic (exact) mass is 367 g/mol. The lowest BCUT2D eigenvalue weighted by atomic mass is 10.4. The molecule has 3 heterocycles. The summed E-state index contributed by atoms with van der Waals surface area (Å²) in [5.74, 6) is 1.03. The number of nitrogens with zero attached hydrogens (tertiary/aromatic N) is 6. The molecular weight excluding hydrogens is 346 g/mol. The maximum absolute atomic E-state index is 12.5. The summed E-state index contributed by atoms with van der Waals surface area (Å²) in [6.07, 6.45) is 4.34. The van der Waals surface area contributed by atoms with Crippen LogP contribution in [-0.2, 0) is 21.8 Å². The zero-order valence-corrected chi connectivity index (χ0v) is 15.2. The molecule has 11 heteroatoms. The van der Waals surface area contributed by atoms with Crippen LogP contribution in [0.1, 0.15) is 0 Å². The fourth-order valence-electron chi connectivity index (χ4n) is 2.42. The van der Waals surface area contributed by atoms with Gasteiger partial charge in [-0.3, -0.25) is 4.72 Å². The number of hydrogen-bond acceptors (Lipinski definition) is 8. The van der Waals surface area contributed by atoms with Crippen molar-refractivity contribution in [3.63, 3.8) is 0 Å². The van der Waals surface area contributed by atoms with Gasteiger partial charge in [-0.05, 0) is 0 Å². The molecule has 2 aromatic heterocycles. The van der Waals surface area contributed by atoms with E-state index in [9.17, 15) is 8.42 Å². The van der Waals surface area contributed by atoms with Gasteiger partial charge in [0.25, 0.3) is 10.0 Å². The molecule has 10 nitrogen and oxygen atoms in total. The van der Waals surface area contributed by atoms with Crippen molar-refractivity contribution in [3.05, 3.63) is 18.7 Å². The van der Waals surface area contributed by atoms with E-state index in [-0.39, 0.29) is 5.03 Å². The molecule has 3 rings (SSSR count). The van der Waals surface area contributed by atoms with Crippen molar-refractivity contribution in [3.8, 4) is 0 Å². The Morgan fingerprint density at radius 2 is 1.96 bits per heavy atom. The number of imidazole rings is 1. The molecule has 136 valence electrons. The molecular formula is C14H21N7O3S. The Bertz CT molecular complexity index is 844. The summed E-state index contributed by atoms with van der Waals surface area (Å²) < 4.78 is 34.4. The van der Waals surface area contributed by atoms with Crippen LogP contribution in [0.15, 0.2) is 23.7 Å². The number of aryl methyl sites for hydroxylation is 1. The third-order valence-corrected chi connectivity index (χ3v) is 4.92. The van der Waals surface area contributed by atoms with Crippen LogP contribution in [0.25, 0.3) is 0 Å². The molecule has 1 N–H and O–H groups in total. The number of nitrogens with one attached hydrogen (secondary N) is 1. The number of aromatic nitrogens is 4. The van der Waals surface area contributed by atoms with Gasteiger partial charge in [0.15, 0.2) is 10.8 Å². The molecule has 0 aromatic carbocycles. The molecule has 2 aromatic rings. The Balaban J connectivity index is 1.90. The van der Waals surface area contributed by atoms with Gasteiger partial charge in [0.2, 0.25) is 5.95 Å². The average Bonchev–Trinajstić information content (AvgIpc) is 3.03. The number of anilines is 3. The number of sulfonamides is 1. The molecule has 25 heavy (non-hydrogen) atoms. The van der Waals surface area contributed by atoms with E-state index in [1.165, 1.54) is 18.7 Å². The largest absolute Gasteiger partial charge is 0.378 e. The minimum absolute atomic E-state index is 0.0584. The summed E-state index contributed by atoms with van der Waals surface area (Å²) in [7, 11) is 1.49. The van der Waals surface area contributed by atoms with E-state index in [0.29, 0.717) is 43.8 Å². The highest BCUT2D eigenvalue weighted by Crippen LogP contribution is 2.26. The molecule has 1 aliphatic heterocycles. The molecule has 0 bridgehead atoms. The summed E-state index contributed by atoms with van der Waals surface area (Å²) in [6, 6.07) is 0. The van der Waals surface area contributed by atoms with Crippen LogP contribution in [0.5, 0.6) is 0 Å². The van der Waals surface area contributed by atoms with Crippen molar-refractivity contribution in [2.24, 2.45) is 7.05 Å². The van der Waals surface area contributed by atoms with Crippen molar-refractivity contribution < 1.29 is 13.2 Å². The summed E-state index contributed by atoms with van der Waals surface area (Å²) in [5, 5.41) is -0.0584. The lowest BCUT2D eigenvalue weighted by Gasteiger charge is -2.28. The van der Waals surface area contributed by atoms with E-state index in [2.05, 4.69) is 19.7 Å². The lowest BCUT2D eigenvalue weighted by molar-refractivity contribution is 0.122. The third kappa shape index (κ3) is 3.82. The first-order chi connectivity index (χ1) is 11.9. The van der Waals surface area contributed by atoms with Gasteiger partial charge in [-0.1, -0.05) is 0 Å². The van der Waals surface area contributed by atoms with Gasteiger partial charge in [-0.2, -0.15) is 13.4 Å². The fourth-order valence-corrected chi connectivity index (χ4v) is 3.45. The molecule has 1 saturated heterocycles. The Morgan fingerprint density at radius 3 is 2.56 bits per heavy atom. The molecule has 0 radical (unpaired) electrons. The quantitative estimate of drug-likeness (QED) is 0.782. The Hall–Kier alpha value is -2.40. The standard InChI is InChI=1S/C14H21N7O3S/c1-19(2)13-11(18-25(22,23)12-9-20(3)10-16-12)8-15-14(17-13)21-4-6-24-7-5-21/h8-10,18H,4-7H2,1-3H3. The van der Waals surface area contributed by atoms with Crippen molar-refractivity contribution >= 4 is 27.5 Å². The van der Waals surface area contributed by atoms with E-state index < -0.39 is 10.0 Å². The summed E-state index contributed by atoms with van der Waals surface area (Å²) in [5.41, 5.74) is 0.299. The van der Waals surface area contributed by atoms with Gasteiger partial charge < -0.3 is 19.1 Å². The van der Waals surface area contributed by atoms with E-state index in [1.54, 1.807) is 30.6 Å². The smallest absolute Gasteiger partial charge is 0.281 e. The highest BCUT2D eigenvalue weighted by Gasteiger charge is 2.22. The molecule has 0 atom stereocenters. The van der Waals surface area contributed by atoms with Crippen molar-refractivity contribution in [2.45, 2.75) is 5.03 Å². The van der Waals surface area contributed by atoms with E-state index in [0.717, 1.165) is 0 Å². The Labute approximate surface area is 146 Å². The van der Waals surface area contributed by atoms with Crippen LogP contribution in [0.3, 0.4) is 0 Å². The SMILES string of the molecule is CN(C)c1nc(N2CCOCC2)ncc1NS(=O)(=O)c1cn(C)cn1. The minimum atomic E-state index is -3.81. The first-order valence-electron chi connectivity index (χ1n) is 7.74. The van der Waals surface area contributed by atoms with Crippen molar-refractivity contribution in [1.82, 2.24) is 19.5 Å². The van der Waals surface area contributed by atoms with Crippen molar-refractivity contribution in [1.29, 1.82) is 0 Å². The number of hydrogen-bond donors (Lipinski definition) is 1. The number of morpholine rings is 1. The van der Waals surface area contributed by atoms with Crippen molar-refractivity contribution in [2.75, 3.05) is 54.9 Å². The predicted octanol–water partition coefficient (Wildman–Crippen LogP) is -0.0865. The normalized spacial score (nSPS) is 15.2.